The van der Waals surface area contributed by atoms with Gasteiger partial charge in [0.15, 0.2) is 0 Å². The standard InChI is InChI=1S/C26H32O6/c1-17(2)6-10-24(28)19(4)15-23(31-20(5)27)14-18(3)12-13-30-22-9-7-21-8-11-26(29)32-25(21)16-22/h6-9,11-12,15-16,23-24,28H,10,13-14H2,1-5H3/b18-12+,19-15+. The second kappa shape index (κ2) is 12.1. The molecule has 0 radical (unpaired) electrons. The summed E-state index contributed by atoms with van der Waals surface area (Å²) in [5, 5.41) is 11.1. The molecule has 0 bridgehead atoms. The predicted octanol–water partition coefficient (Wildman–Crippen LogP) is 5.10. The molecular weight excluding hydrogens is 408 g/mol. The summed E-state index contributed by atoms with van der Waals surface area (Å²) in [6, 6.07) is 8.41. The Morgan fingerprint density at radius 1 is 1.09 bits per heavy atom. The zero-order valence-electron chi connectivity index (χ0n) is 19.4. The summed E-state index contributed by atoms with van der Waals surface area (Å²) >= 11 is 0. The van der Waals surface area contributed by atoms with E-state index in [9.17, 15) is 14.7 Å². The van der Waals surface area contributed by atoms with Crippen molar-refractivity contribution in [2.45, 2.75) is 59.7 Å². The lowest BCUT2D eigenvalue weighted by molar-refractivity contribution is -0.144. The number of hydrogen-bond acceptors (Lipinski definition) is 6. The molecule has 2 unspecified atom stereocenters. The molecule has 172 valence electrons. The maximum absolute atomic E-state index is 11.5. The van der Waals surface area contributed by atoms with Crippen molar-refractivity contribution in [3.05, 3.63) is 75.7 Å². The first-order chi connectivity index (χ1) is 15.1. The molecule has 0 saturated carbocycles. The Morgan fingerprint density at radius 3 is 2.50 bits per heavy atom. The summed E-state index contributed by atoms with van der Waals surface area (Å²) < 4.78 is 16.4. The highest BCUT2D eigenvalue weighted by Gasteiger charge is 2.13. The van der Waals surface area contributed by atoms with E-state index in [1.165, 1.54) is 13.0 Å². The first-order valence-electron chi connectivity index (χ1n) is 10.6. The minimum atomic E-state index is -0.622. The van der Waals surface area contributed by atoms with E-state index >= 15 is 0 Å². The molecule has 0 amide bonds. The summed E-state index contributed by atoms with van der Waals surface area (Å²) in [7, 11) is 0. The molecule has 1 aromatic carbocycles. The SMILES string of the molecule is CC(=O)OC(/C=C(\C)C(O)CC=C(C)C)C/C(C)=C/COc1ccc2ccc(=O)oc2c1. The van der Waals surface area contributed by atoms with Gasteiger partial charge < -0.3 is 19.0 Å². The summed E-state index contributed by atoms with van der Waals surface area (Å²) in [6.45, 7) is 9.42. The number of benzene rings is 1. The van der Waals surface area contributed by atoms with E-state index in [1.807, 2.05) is 52.0 Å². The van der Waals surface area contributed by atoms with E-state index in [2.05, 4.69) is 0 Å². The molecule has 0 aliphatic carbocycles. The minimum Gasteiger partial charge on any atom is -0.489 e. The molecule has 6 nitrogen and oxygen atoms in total. The van der Waals surface area contributed by atoms with Gasteiger partial charge in [0.2, 0.25) is 0 Å². The number of fused-ring (bicyclic) bond motifs is 1. The molecule has 0 aliphatic heterocycles. The number of aliphatic hydroxyl groups is 1. The highest BCUT2D eigenvalue weighted by atomic mass is 16.5. The summed E-state index contributed by atoms with van der Waals surface area (Å²) in [4.78, 5) is 22.9. The van der Waals surface area contributed by atoms with Gasteiger partial charge in [-0.2, -0.15) is 0 Å². The quantitative estimate of drug-likeness (QED) is 0.314. The van der Waals surface area contributed by atoms with Crippen LogP contribution in [0.1, 0.15) is 47.5 Å². The Balaban J connectivity index is 2.01. The van der Waals surface area contributed by atoms with E-state index in [1.54, 1.807) is 18.2 Å². The van der Waals surface area contributed by atoms with Crippen LogP contribution in [0.2, 0.25) is 0 Å². The van der Waals surface area contributed by atoms with Crippen molar-refractivity contribution in [2.75, 3.05) is 6.61 Å². The smallest absolute Gasteiger partial charge is 0.336 e. The van der Waals surface area contributed by atoms with E-state index in [0.29, 0.717) is 30.8 Å². The van der Waals surface area contributed by atoms with Gasteiger partial charge >= 0.3 is 11.6 Å². The second-order valence-electron chi connectivity index (χ2n) is 8.11. The molecule has 0 saturated heterocycles. The maximum atomic E-state index is 11.5. The molecule has 32 heavy (non-hydrogen) atoms. The van der Waals surface area contributed by atoms with Gasteiger partial charge in [0.1, 0.15) is 24.0 Å². The van der Waals surface area contributed by atoms with E-state index < -0.39 is 17.8 Å². The number of rotatable bonds is 10. The molecule has 1 aromatic heterocycles. The van der Waals surface area contributed by atoms with Crippen LogP contribution in [0, 0.1) is 0 Å². The number of hydrogen-bond donors (Lipinski definition) is 1. The Hall–Kier alpha value is -3.12. The second-order valence-corrected chi connectivity index (χ2v) is 8.11. The van der Waals surface area contributed by atoms with Gasteiger partial charge in [0.25, 0.3) is 0 Å². The summed E-state index contributed by atoms with van der Waals surface area (Å²) in [5.41, 5.74) is 2.94. The van der Waals surface area contributed by atoms with E-state index in [0.717, 1.165) is 22.1 Å². The van der Waals surface area contributed by atoms with Crippen molar-refractivity contribution in [3.63, 3.8) is 0 Å². The summed E-state index contributed by atoms with van der Waals surface area (Å²) in [6.07, 6.45) is 5.60. The van der Waals surface area contributed by atoms with Gasteiger partial charge in [-0.1, -0.05) is 17.2 Å². The molecule has 1 N–H and O–H groups in total. The van der Waals surface area contributed by atoms with Crippen LogP contribution in [0.15, 0.2) is 74.5 Å². The topological polar surface area (TPSA) is 86.0 Å². The average molecular weight is 441 g/mol. The first kappa shape index (κ1) is 25.1. The fourth-order valence-corrected chi connectivity index (χ4v) is 3.10. The molecule has 2 aromatic rings. The van der Waals surface area contributed by atoms with Crippen LogP contribution < -0.4 is 10.4 Å². The Bertz CT molecular complexity index is 1070. The maximum Gasteiger partial charge on any atom is 0.336 e. The van der Waals surface area contributed by atoms with Crippen molar-refractivity contribution in [1.82, 2.24) is 0 Å². The lowest BCUT2D eigenvalue weighted by Crippen LogP contribution is -2.17. The molecule has 6 heteroatoms. The van der Waals surface area contributed by atoms with Gasteiger partial charge in [-0.15, -0.1) is 0 Å². The summed E-state index contributed by atoms with van der Waals surface area (Å²) in [5.74, 6) is 0.213. The van der Waals surface area contributed by atoms with E-state index in [-0.39, 0.29) is 5.97 Å². The van der Waals surface area contributed by atoms with Crippen molar-refractivity contribution in [3.8, 4) is 5.75 Å². The third-order valence-electron chi connectivity index (χ3n) is 4.84. The molecule has 2 rings (SSSR count). The zero-order valence-corrected chi connectivity index (χ0v) is 19.4. The fourth-order valence-electron chi connectivity index (χ4n) is 3.10. The highest BCUT2D eigenvalue weighted by molar-refractivity contribution is 5.77. The van der Waals surface area contributed by atoms with Crippen molar-refractivity contribution in [1.29, 1.82) is 0 Å². The lowest BCUT2D eigenvalue weighted by Gasteiger charge is -2.17. The van der Waals surface area contributed by atoms with E-state index in [4.69, 9.17) is 13.9 Å². The van der Waals surface area contributed by atoms with Crippen molar-refractivity contribution in [2.24, 2.45) is 0 Å². The number of esters is 1. The van der Waals surface area contributed by atoms with Crippen LogP contribution in [0.25, 0.3) is 11.0 Å². The molecule has 0 fully saturated rings. The first-order valence-corrected chi connectivity index (χ1v) is 10.6. The van der Waals surface area contributed by atoms with Crippen LogP contribution in [0.5, 0.6) is 5.75 Å². The normalized spacial score (nSPS) is 14.1. The van der Waals surface area contributed by atoms with Crippen LogP contribution in [-0.2, 0) is 9.53 Å². The zero-order chi connectivity index (χ0) is 23.7. The number of allylic oxidation sites excluding steroid dienone is 1. The number of aliphatic hydroxyl groups excluding tert-OH is 1. The number of carbonyl (C=O) groups excluding carboxylic acids is 1. The Labute approximate surface area is 188 Å². The van der Waals surface area contributed by atoms with Gasteiger partial charge in [0, 0.05) is 30.9 Å². The lowest BCUT2D eigenvalue weighted by atomic mass is 10.0. The Kier molecular flexibility index (Phi) is 9.47. The van der Waals surface area contributed by atoms with Crippen LogP contribution >= 0.6 is 0 Å². The molecule has 1 heterocycles. The van der Waals surface area contributed by atoms with Crippen LogP contribution in [0.4, 0.5) is 0 Å². The highest BCUT2D eigenvalue weighted by Crippen LogP contribution is 2.20. The average Bonchev–Trinajstić information content (AvgIpc) is 2.71. The Morgan fingerprint density at radius 2 is 1.81 bits per heavy atom. The van der Waals surface area contributed by atoms with Gasteiger partial charge in [-0.25, -0.2) is 4.79 Å². The third-order valence-corrected chi connectivity index (χ3v) is 4.84. The molecule has 2 atom stereocenters. The van der Waals surface area contributed by atoms with Crippen LogP contribution in [0.3, 0.4) is 0 Å². The fraction of sp³-hybridized carbons (Fsp3) is 0.385. The number of ether oxygens (including phenoxy) is 2. The third kappa shape index (κ3) is 8.55. The van der Waals surface area contributed by atoms with Gasteiger partial charge in [-0.3, -0.25) is 4.79 Å². The van der Waals surface area contributed by atoms with Crippen molar-refractivity contribution >= 4 is 16.9 Å². The minimum absolute atomic E-state index is 0.313. The van der Waals surface area contributed by atoms with Gasteiger partial charge in [-0.05, 0) is 70.0 Å². The monoisotopic (exact) mass is 440 g/mol. The predicted molar refractivity (Wildman–Crippen MR) is 126 cm³/mol. The number of carbonyl (C=O) groups is 1. The molecular formula is C26H32O6. The molecule has 0 aliphatic rings. The van der Waals surface area contributed by atoms with Gasteiger partial charge in [0.05, 0.1) is 6.10 Å². The van der Waals surface area contributed by atoms with Crippen LogP contribution in [-0.4, -0.2) is 29.9 Å². The van der Waals surface area contributed by atoms with Crippen molar-refractivity contribution < 1.29 is 23.8 Å². The largest absolute Gasteiger partial charge is 0.489 e. The molecule has 0 spiro atoms.